The molecule has 0 N–H and O–H groups in total. The molecule has 2 aromatic heterocycles. The first-order chi connectivity index (χ1) is 11.5. The number of hydrogen-bond donors (Lipinski definition) is 0. The van der Waals surface area contributed by atoms with E-state index in [1.165, 1.54) is 22.2 Å². The zero-order valence-corrected chi connectivity index (χ0v) is 15.6. The van der Waals surface area contributed by atoms with E-state index in [0.29, 0.717) is 17.1 Å². The van der Waals surface area contributed by atoms with Crippen LogP contribution in [-0.2, 0) is 17.8 Å². The molecule has 24 heavy (non-hydrogen) atoms. The molecule has 1 amide bonds. The Morgan fingerprint density at radius 1 is 1.50 bits per heavy atom. The van der Waals surface area contributed by atoms with E-state index in [9.17, 15) is 10.1 Å². The molecular formula is C18H19N3OS2. The molecule has 0 radical (unpaired) electrons. The average Bonchev–Trinajstić information content (AvgIpc) is 3.01. The van der Waals surface area contributed by atoms with Crippen LogP contribution in [0.4, 0.5) is 0 Å². The van der Waals surface area contributed by atoms with Crippen LogP contribution >= 0.6 is 23.1 Å². The SMILES string of the molecule is Cc1cc(C)c(C#N)c(SC(C)C(=O)N2CCc3sccc3C2)n1. The van der Waals surface area contributed by atoms with Crippen LogP contribution in [0.1, 0.15) is 34.2 Å². The van der Waals surface area contributed by atoms with Gasteiger partial charge in [0, 0.05) is 23.7 Å². The van der Waals surface area contributed by atoms with Crippen LogP contribution in [-0.4, -0.2) is 27.6 Å². The first-order valence-electron chi connectivity index (χ1n) is 7.88. The summed E-state index contributed by atoms with van der Waals surface area (Å²) in [4.78, 5) is 20.6. The van der Waals surface area contributed by atoms with Gasteiger partial charge in [-0.25, -0.2) is 4.98 Å². The van der Waals surface area contributed by atoms with E-state index in [-0.39, 0.29) is 11.2 Å². The highest BCUT2D eigenvalue weighted by Crippen LogP contribution is 2.30. The largest absolute Gasteiger partial charge is 0.337 e. The van der Waals surface area contributed by atoms with Crippen molar-refractivity contribution < 1.29 is 4.79 Å². The van der Waals surface area contributed by atoms with E-state index >= 15 is 0 Å². The lowest BCUT2D eigenvalue weighted by Crippen LogP contribution is -2.39. The summed E-state index contributed by atoms with van der Waals surface area (Å²) in [6.07, 6.45) is 0.932. The number of pyridine rings is 1. The standard InChI is InChI=1S/C18H19N3OS2/c1-11-8-12(2)20-17(15(11)9-19)24-13(3)18(22)21-6-4-16-14(10-21)5-7-23-16/h5,7-8,13H,4,6,10H2,1-3H3. The molecule has 1 unspecified atom stereocenters. The maximum absolute atomic E-state index is 12.8. The molecule has 0 saturated heterocycles. The van der Waals surface area contributed by atoms with Crippen molar-refractivity contribution in [1.29, 1.82) is 5.26 Å². The fraction of sp³-hybridized carbons (Fsp3) is 0.389. The number of rotatable bonds is 3. The van der Waals surface area contributed by atoms with Gasteiger partial charge in [0.25, 0.3) is 0 Å². The highest BCUT2D eigenvalue weighted by molar-refractivity contribution is 8.00. The summed E-state index contributed by atoms with van der Waals surface area (Å²) in [5.74, 6) is 0.113. The van der Waals surface area contributed by atoms with Gasteiger partial charge in [0.1, 0.15) is 11.1 Å². The highest BCUT2D eigenvalue weighted by atomic mass is 32.2. The Labute approximate surface area is 150 Å². The Hall–Kier alpha value is -1.84. The normalized spacial score (nSPS) is 14.8. The average molecular weight is 358 g/mol. The lowest BCUT2D eigenvalue weighted by Gasteiger charge is -2.29. The van der Waals surface area contributed by atoms with E-state index in [1.807, 2.05) is 31.7 Å². The van der Waals surface area contributed by atoms with Gasteiger partial charge in [-0.2, -0.15) is 5.26 Å². The van der Waals surface area contributed by atoms with Gasteiger partial charge >= 0.3 is 0 Å². The lowest BCUT2D eigenvalue weighted by molar-refractivity contribution is -0.131. The topological polar surface area (TPSA) is 57.0 Å². The van der Waals surface area contributed by atoms with Crippen molar-refractivity contribution in [2.24, 2.45) is 0 Å². The summed E-state index contributed by atoms with van der Waals surface area (Å²) >= 11 is 3.16. The summed E-state index contributed by atoms with van der Waals surface area (Å²) < 4.78 is 0. The predicted octanol–water partition coefficient (Wildman–Crippen LogP) is 3.70. The van der Waals surface area contributed by atoms with Crippen LogP contribution in [0.25, 0.3) is 0 Å². The second kappa shape index (κ2) is 6.96. The molecule has 124 valence electrons. The Kier molecular flexibility index (Phi) is 4.93. The van der Waals surface area contributed by atoms with Gasteiger partial charge in [-0.1, -0.05) is 11.8 Å². The van der Waals surface area contributed by atoms with Gasteiger partial charge in [0.05, 0.1) is 10.8 Å². The second-order valence-corrected chi connectivity index (χ2v) is 8.34. The van der Waals surface area contributed by atoms with Gasteiger partial charge in [-0.3, -0.25) is 4.79 Å². The van der Waals surface area contributed by atoms with Crippen LogP contribution in [0.3, 0.4) is 0 Å². The molecule has 2 aromatic rings. The van der Waals surface area contributed by atoms with Gasteiger partial charge in [0.2, 0.25) is 5.91 Å². The first-order valence-corrected chi connectivity index (χ1v) is 9.64. The Morgan fingerprint density at radius 2 is 2.29 bits per heavy atom. The lowest BCUT2D eigenvalue weighted by atomic mass is 10.1. The van der Waals surface area contributed by atoms with Crippen molar-refractivity contribution in [3.63, 3.8) is 0 Å². The molecule has 0 spiro atoms. The first kappa shape index (κ1) is 17.0. The zero-order chi connectivity index (χ0) is 17.3. The molecular weight excluding hydrogens is 338 g/mol. The molecule has 0 bridgehead atoms. The van der Waals surface area contributed by atoms with Crippen LogP contribution in [0, 0.1) is 25.2 Å². The number of amides is 1. The number of hydrogen-bond acceptors (Lipinski definition) is 5. The maximum Gasteiger partial charge on any atom is 0.236 e. The summed E-state index contributed by atoms with van der Waals surface area (Å²) in [6, 6.07) is 6.23. The smallest absolute Gasteiger partial charge is 0.236 e. The van der Waals surface area contributed by atoms with E-state index < -0.39 is 0 Å². The second-order valence-electron chi connectivity index (χ2n) is 6.01. The Morgan fingerprint density at radius 3 is 3.04 bits per heavy atom. The van der Waals surface area contributed by atoms with Crippen LogP contribution in [0.15, 0.2) is 22.5 Å². The van der Waals surface area contributed by atoms with Gasteiger partial charge in [0.15, 0.2) is 0 Å². The van der Waals surface area contributed by atoms with Crippen molar-refractivity contribution >= 4 is 29.0 Å². The number of carbonyl (C=O) groups is 1. The van der Waals surface area contributed by atoms with Crippen LogP contribution in [0.2, 0.25) is 0 Å². The molecule has 3 heterocycles. The summed E-state index contributed by atoms with van der Waals surface area (Å²) in [5.41, 5.74) is 3.62. The number of fused-ring (bicyclic) bond motifs is 1. The van der Waals surface area contributed by atoms with E-state index in [2.05, 4.69) is 22.5 Å². The molecule has 1 aliphatic heterocycles. The van der Waals surface area contributed by atoms with Gasteiger partial charge in [-0.15, -0.1) is 11.3 Å². The molecule has 0 saturated carbocycles. The summed E-state index contributed by atoms with van der Waals surface area (Å²) in [6.45, 7) is 7.17. The van der Waals surface area contributed by atoms with Gasteiger partial charge < -0.3 is 4.90 Å². The number of thiophene rings is 1. The number of carbonyl (C=O) groups excluding carboxylic acids is 1. The van der Waals surface area contributed by atoms with Crippen molar-refractivity contribution in [3.8, 4) is 6.07 Å². The third-order valence-electron chi connectivity index (χ3n) is 4.18. The van der Waals surface area contributed by atoms with E-state index in [0.717, 1.165) is 24.2 Å². The Balaban J connectivity index is 1.75. The Bertz CT molecular complexity index is 822. The zero-order valence-electron chi connectivity index (χ0n) is 14.0. The summed E-state index contributed by atoms with van der Waals surface area (Å²) in [5, 5.41) is 11.9. The fourth-order valence-corrected chi connectivity index (χ4v) is 4.93. The van der Waals surface area contributed by atoms with Crippen molar-refractivity contribution in [2.75, 3.05) is 6.54 Å². The molecule has 0 aliphatic carbocycles. The van der Waals surface area contributed by atoms with Gasteiger partial charge in [-0.05, 0) is 55.8 Å². The van der Waals surface area contributed by atoms with Crippen LogP contribution < -0.4 is 0 Å². The monoisotopic (exact) mass is 357 g/mol. The minimum absolute atomic E-state index is 0.113. The predicted molar refractivity (Wildman–Crippen MR) is 97.2 cm³/mol. The van der Waals surface area contributed by atoms with Crippen molar-refractivity contribution in [1.82, 2.24) is 9.88 Å². The summed E-state index contributed by atoms with van der Waals surface area (Å²) in [7, 11) is 0. The number of thioether (sulfide) groups is 1. The van der Waals surface area contributed by atoms with E-state index in [1.54, 1.807) is 11.3 Å². The number of nitriles is 1. The van der Waals surface area contributed by atoms with Crippen LogP contribution in [0.5, 0.6) is 0 Å². The molecule has 1 atom stereocenters. The fourth-order valence-electron chi connectivity index (χ4n) is 2.94. The third kappa shape index (κ3) is 3.33. The van der Waals surface area contributed by atoms with E-state index in [4.69, 9.17) is 0 Å². The molecule has 0 aromatic carbocycles. The van der Waals surface area contributed by atoms with Crippen molar-refractivity contribution in [2.45, 2.75) is 44.0 Å². The number of nitrogens with zero attached hydrogens (tertiary/aromatic N) is 3. The number of aromatic nitrogens is 1. The minimum atomic E-state index is -0.258. The minimum Gasteiger partial charge on any atom is -0.337 e. The maximum atomic E-state index is 12.8. The molecule has 4 nitrogen and oxygen atoms in total. The van der Waals surface area contributed by atoms with Crippen molar-refractivity contribution in [3.05, 3.63) is 44.8 Å². The third-order valence-corrected chi connectivity index (χ3v) is 6.28. The highest BCUT2D eigenvalue weighted by Gasteiger charge is 2.27. The quantitative estimate of drug-likeness (QED) is 0.786. The molecule has 0 fully saturated rings. The molecule has 6 heteroatoms. The molecule has 1 aliphatic rings. The number of aryl methyl sites for hydroxylation is 2. The molecule has 3 rings (SSSR count).